The zero-order chi connectivity index (χ0) is 10.6. The molecule has 0 amide bonds. The molecule has 0 spiro atoms. The molecule has 0 fully saturated rings. The third-order valence-electron chi connectivity index (χ3n) is 2.13. The maximum Gasteiger partial charge on any atom is 0.0310 e. The Morgan fingerprint density at radius 1 is 1.43 bits per heavy atom. The van der Waals surface area contributed by atoms with E-state index in [1.807, 2.05) is 0 Å². The molecule has 0 saturated heterocycles. The van der Waals surface area contributed by atoms with Gasteiger partial charge in [-0.2, -0.15) is 0 Å². The van der Waals surface area contributed by atoms with Crippen molar-refractivity contribution in [2.45, 2.75) is 20.4 Å². The maximum atomic E-state index is 5.65. The summed E-state index contributed by atoms with van der Waals surface area (Å²) >= 11 is 5.65. The Morgan fingerprint density at radius 2 is 2.14 bits per heavy atom. The first-order valence-electron chi connectivity index (χ1n) is 4.69. The van der Waals surface area contributed by atoms with Gasteiger partial charge in [0.25, 0.3) is 0 Å². The van der Waals surface area contributed by atoms with E-state index in [0.29, 0.717) is 11.6 Å². The van der Waals surface area contributed by atoms with Crippen molar-refractivity contribution in [3.63, 3.8) is 0 Å². The first-order valence-corrected chi connectivity index (χ1v) is 5.07. The topological polar surface area (TPSA) is 12.0 Å². The van der Waals surface area contributed by atoms with Crippen molar-refractivity contribution in [3.8, 4) is 0 Å². The lowest BCUT2D eigenvalue weighted by Gasteiger charge is -2.07. The second-order valence-electron chi connectivity index (χ2n) is 3.55. The second kappa shape index (κ2) is 5.18. The predicted molar refractivity (Wildman–Crippen MR) is 62.6 cm³/mol. The Labute approximate surface area is 90.8 Å². The van der Waals surface area contributed by atoms with E-state index in [1.54, 1.807) is 0 Å². The average molecular weight is 210 g/mol. The maximum absolute atomic E-state index is 5.65. The lowest BCUT2D eigenvalue weighted by molar-refractivity contribution is 0.751. The highest BCUT2D eigenvalue weighted by molar-refractivity contribution is 6.29. The van der Waals surface area contributed by atoms with Crippen LogP contribution in [0.2, 0.25) is 0 Å². The lowest BCUT2D eigenvalue weighted by atomic mass is 10.1. The molecule has 0 unspecified atom stereocenters. The van der Waals surface area contributed by atoms with E-state index < -0.39 is 0 Å². The summed E-state index contributed by atoms with van der Waals surface area (Å²) in [6.07, 6.45) is 0. The SMILES string of the molecule is C=C(Cl)CNCc1ccc(C)cc1C. The molecule has 1 nitrogen and oxygen atoms in total. The molecule has 76 valence electrons. The number of nitrogens with one attached hydrogen (secondary N) is 1. The smallest absolute Gasteiger partial charge is 0.0310 e. The Bertz CT molecular complexity index is 331. The van der Waals surface area contributed by atoms with Crippen LogP contribution >= 0.6 is 11.6 Å². The first kappa shape index (κ1) is 11.3. The molecule has 0 aromatic heterocycles. The number of hydrogen-bond acceptors (Lipinski definition) is 1. The lowest BCUT2D eigenvalue weighted by Crippen LogP contribution is -2.15. The summed E-state index contributed by atoms with van der Waals surface area (Å²) < 4.78 is 0. The fourth-order valence-electron chi connectivity index (χ4n) is 1.38. The molecule has 2 heteroatoms. The van der Waals surface area contributed by atoms with E-state index in [1.165, 1.54) is 16.7 Å². The van der Waals surface area contributed by atoms with E-state index in [9.17, 15) is 0 Å². The molecule has 0 atom stereocenters. The van der Waals surface area contributed by atoms with Gasteiger partial charge < -0.3 is 5.32 Å². The highest BCUT2D eigenvalue weighted by Gasteiger charge is 1.97. The van der Waals surface area contributed by atoms with Gasteiger partial charge in [-0.1, -0.05) is 41.9 Å². The zero-order valence-corrected chi connectivity index (χ0v) is 9.49. The number of halogens is 1. The van der Waals surface area contributed by atoms with Gasteiger partial charge in [-0.25, -0.2) is 0 Å². The molecule has 0 heterocycles. The molecule has 0 radical (unpaired) electrons. The normalized spacial score (nSPS) is 10.2. The Hall–Kier alpha value is -0.790. The first-order chi connectivity index (χ1) is 6.59. The summed E-state index contributed by atoms with van der Waals surface area (Å²) in [5.41, 5.74) is 3.93. The van der Waals surface area contributed by atoms with Crippen LogP contribution in [-0.4, -0.2) is 6.54 Å². The Morgan fingerprint density at radius 3 is 2.71 bits per heavy atom. The van der Waals surface area contributed by atoms with Crippen LogP contribution < -0.4 is 5.32 Å². The Balaban J connectivity index is 2.55. The minimum absolute atomic E-state index is 0.648. The van der Waals surface area contributed by atoms with E-state index in [2.05, 4.69) is 43.9 Å². The molecule has 1 aromatic carbocycles. The van der Waals surface area contributed by atoms with Crippen LogP contribution in [0, 0.1) is 13.8 Å². The standard InChI is InChI=1S/C12H16ClN/c1-9-4-5-12(10(2)6-9)8-14-7-11(3)13/h4-6,14H,3,7-8H2,1-2H3. The van der Waals surface area contributed by atoms with Crippen LogP contribution in [0.5, 0.6) is 0 Å². The molecule has 0 aliphatic carbocycles. The van der Waals surface area contributed by atoms with Crippen LogP contribution in [0.25, 0.3) is 0 Å². The van der Waals surface area contributed by atoms with Crippen molar-refractivity contribution in [2.75, 3.05) is 6.54 Å². The molecular weight excluding hydrogens is 194 g/mol. The van der Waals surface area contributed by atoms with Crippen LogP contribution in [-0.2, 0) is 6.54 Å². The summed E-state index contributed by atoms with van der Waals surface area (Å²) in [7, 11) is 0. The summed E-state index contributed by atoms with van der Waals surface area (Å²) in [6.45, 7) is 9.36. The molecule has 0 aliphatic heterocycles. The molecule has 0 bridgehead atoms. The van der Waals surface area contributed by atoms with Gasteiger partial charge in [0.2, 0.25) is 0 Å². The van der Waals surface area contributed by atoms with Gasteiger partial charge in [0.15, 0.2) is 0 Å². The highest BCUT2D eigenvalue weighted by Crippen LogP contribution is 2.10. The van der Waals surface area contributed by atoms with E-state index in [-0.39, 0.29) is 0 Å². The van der Waals surface area contributed by atoms with Crippen molar-refractivity contribution < 1.29 is 0 Å². The minimum atomic E-state index is 0.648. The fraction of sp³-hybridized carbons (Fsp3) is 0.333. The van der Waals surface area contributed by atoms with Gasteiger partial charge in [0.05, 0.1) is 0 Å². The minimum Gasteiger partial charge on any atom is -0.308 e. The average Bonchev–Trinajstić information content (AvgIpc) is 2.08. The van der Waals surface area contributed by atoms with Gasteiger partial charge in [-0.3, -0.25) is 0 Å². The summed E-state index contributed by atoms with van der Waals surface area (Å²) in [5, 5.41) is 3.88. The third kappa shape index (κ3) is 3.52. The van der Waals surface area contributed by atoms with E-state index in [4.69, 9.17) is 11.6 Å². The summed E-state index contributed by atoms with van der Waals surface area (Å²) in [4.78, 5) is 0. The summed E-state index contributed by atoms with van der Waals surface area (Å²) in [6, 6.07) is 6.46. The van der Waals surface area contributed by atoms with Gasteiger partial charge in [0.1, 0.15) is 0 Å². The van der Waals surface area contributed by atoms with Crippen molar-refractivity contribution in [3.05, 3.63) is 46.5 Å². The quantitative estimate of drug-likeness (QED) is 0.804. The number of aryl methyl sites for hydroxylation is 2. The number of benzene rings is 1. The van der Waals surface area contributed by atoms with E-state index in [0.717, 1.165) is 6.54 Å². The Kier molecular flexibility index (Phi) is 4.18. The fourth-order valence-corrected chi connectivity index (χ4v) is 1.47. The largest absolute Gasteiger partial charge is 0.308 e. The molecule has 14 heavy (non-hydrogen) atoms. The van der Waals surface area contributed by atoms with Crippen molar-refractivity contribution in [1.82, 2.24) is 5.32 Å². The molecule has 1 rings (SSSR count). The molecule has 0 saturated carbocycles. The van der Waals surface area contributed by atoms with Gasteiger partial charge in [0, 0.05) is 18.1 Å². The van der Waals surface area contributed by atoms with Crippen LogP contribution in [0.1, 0.15) is 16.7 Å². The van der Waals surface area contributed by atoms with Crippen LogP contribution in [0.4, 0.5) is 0 Å². The third-order valence-corrected chi connectivity index (χ3v) is 2.26. The van der Waals surface area contributed by atoms with Crippen molar-refractivity contribution in [2.24, 2.45) is 0 Å². The number of hydrogen-bond donors (Lipinski definition) is 1. The molecule has 1 N–H and O–H groups in total. The second-order valence-corrected chi connectivity index (χ2v) is 4.09. The van der Waals surface area contributed by atoms with Crippen molar-refractivity contribution >= 4 is 11.6 Å². The predicted octanol–water partition coefficient (Wildman–Crippen LogP) is 3.15. The van der Waals surface area contributed by atoms with Gasteiger partial charge in [-0.05, 0) is 25.0 Å². The van der Waals surface area contributed by atoms with Crippen LogP contribution in [0.3, 0.4) is 0 Å². The molecule has 0 aliphatic rings. The van der Waals surface area contributed by atoms with Crippen molar-refractivity contribution in [1.29, 1.82) is 0 Å². The molecule has 1 aromatic rings. The van der Waals surface area contributed by atoms with E-state index >= 15 is 0 Å². The molecular formula is C12H16ClN. The summed E-state index contributed by atoms with van der Waals surface area (Å²) in [5.74, 6) is 0. The van der Waals surface area contributed by atoms with Gasteiger partial charge in [-0.15, -0.1) is 0 Å². The zero-order valence-electron chi connectivity index (χ0n) is 8.73. The highest BCUT2D eigenvalue weighted by atomic mass is 35.5. The monoisotopic (exact) mass is 209 g/mol. The van der Waals surface area contributed by atoms with Crippen LogP contribution in [0.15, 0.2) is 29.8 Å². The van der Waals surface area contributed by atoms with Gasteiger partial charge >= 0.3 is 0 Å². The number of rotatable bonds is 4.